The maximum atomic E-state index is 14.8. The van der Waals surface area contributed by atoms with Crippen LogP contribution in [0, 0.1) is 0 Å². The number of halogens is 1. The van der Waals surface area contributed by atoms with Gasteiger partial charge in [0.25, 0.3) is 0 Å². The van der Waals surface area contributed by atoms with Gasteiger partial charge in [0.05, 0.1) is 11.4 Å². The molecule has 1 amide bonds. The van der Waals surface area contributed by atoms with Gasteiger partial charge in [-0.3, -0.25) is 4.79 Å². The van der Waals surface area contributed by atoms with E-state index in [2.05, 4.69) is 35.6 Å². The van der Waals surface area contributed by atoms with E-state index in [4.69, 9.17) is 0 Å². The molecule has 0 bridgehead atoms. The van der Waals surface area contributed by atoms with Gasteiger partial charge >= 0.3 is 0 Å². The molecule has 184 valence electrons. The third-order valence-electron chi connectivity index (χ3n) is 6.04. The number of likely N-dealkylation sites (tertiary alicyclic amines) is 1. The van der Waals surface area contributed by atoms with Gasteiger partial charge in [0.15, 0.2) is 0 Å². The molecule has 0 atom stereocenters. The topological polar surface area (TPSA) is 44.7 Å². The zero-order chi connectivity index (χ0) is 25.2. The Morgan fingerprint density at radius 3 is 2.57 bits per heavy atom. The highest BCUT2D eigenvalue weighted by Crippen LogP contribution is 2.28. The summed E-state index contributed by atoms with van der Waals surface area (Å²) < 4.78 is 14.8. The third kappa shape index (κ3) is 7.51. The predicted molar refractivity (Wildman–Crippen MR) is 144 cm³/mol. The Bertz CT molecular complexity index is 1100. The van der Waals surface area contributed by atoms with Gasteiger partial charge in [0.2, 0.25) is 5.91 Å². The minimum absolute atomic E-state index is 0.143. The largest absolute Gasteiger partial charge is 0.358 e. The first-order chi connectivity index (χ1) is 16.9. The number of aliphatic imine (C=N–C) groups is 1. The fourth-order valence-electron chi connectivity index (χ4n) is 4.15. The summed E-state index contributed by atoms with van der Waals surface area (Å²) >= 11 is 0. The van der Waals surface area contributed by atoms with Gasteiger partial charge in [-0.1, -0.05) is 61.2 Å². The van der Waals surface area contributed by atoms with Gasteiger partial charge < -0.3 is 10.2 Å². The summed E-state index contributed by atoms with van der Waals surface area (Å²) in [5.74, 6) is -0.110. The molecule has 0 unspecified atom stereocenters. The summed E-state index contributed by atoms with van der Waals surface area (Å²) in [4.78, 5) is 19.3. The molecule has 1 saturated heterocycles. The van der Waals surface area contributed by atoms with E-state index in [9.17, 15) is 9.18 Å². The highest BCUT2D eigenvalue weighted by molar-refractivity contribution is 6.02. The predicted octanol–water partition coefficient (Wildman–Crippen LogP) is 6.81. The van der Waals surface area contributed by atoms with E-state index < -0.39 is 0 Å². The van der Waals surface area contributed by atoms with Crippen molar-refractivity contribution in [2.45, 2.75) is 52.4 Å². The molecule has 2 aliphatic rings. The van der Waals surface area contributed by atoms with Gasteiger partial charge in [0.1, 0.15) is 11.5 Å². The quantitative estimate of drug-likeness (QED) is 0.300. The number of nitrogens with one attached hydrogen (secondary N) is 1. The van der Waals surface area contributed by atoms with Crippen LogP contribution in [0.3, 0.4) is 0 Å². The van der Waals surface area contributed by atoms with Crippen LogP contribution in [0.1, 0.15) is 57.1 Å². The molecular formula is C30H36FN3O. The van der Waals surface area contributed by atoms with Gasteiger partial charge in [-0.05, 0) is 51.5 Å². The fourth-order valence-corrected chi connectivity index (χ4v) is 4.15. The molecule has 0 aliphatic carbocycles. The average Bonchev–Trinajstić information content (AvgIpc) is 3.35. The monoisotopic (exact) mass is 473 g/mol. The highest BCUT2D eigenvalue weighted by atomic mass is 19.1. The van der Waals surface area contributed by atoms with Crippen molar-refractivity contribution in [2.75, 3.05) is 13.1 Å². The van der Waals surface area contributed by atoms with Crippen LogP contribution in [0.25, 0.3) is 5.70 Å². The Kier molecular flexibility index (Phi) is 9.59. The van der Waals surface area contributed by atoms with Crippen molar-refractivity contribution in [3.63, 3.8) is 0 Å². The number of benzene rings is 1. The maximum Gasteiger partial charge on any atom is 0.249 e. The summed E-state index contributed by atoms with van der Waals surface area (Å²) in [6, 6.07) is 7.83. The Labute approximate surface area is 209 Å². The van der Waals surface area contributed by atoms with Crippen LogP contribution >= 0.6 is 0 Å². The lowest BCUT2D eigenvalue weighted by molar-refractivity contribution is -0.126. The van der Waals surface area contributed by atoms with Crippen molar-refractivity contribution < 1.29 is 9.18 Å². The molecular weight excluding hydrogens is 437 g/mol. The third-order valence-corrected chi connectivity index (χ3v) is 6.04. The average molecular weight is 474 g/mol. The number of carbonyl (C=O) groups is 1. The lowest BCUT2D eigenvalue weighted by Crippen LogP contribution is -2.28. The first kappa shape index (κ1) is 26.1. The van der Waals surface area contributed by atoms with Crippen LogP contribution in [0.15, 0.2) is 95.6 Å². The standard InChI is InChI=1S/C30H36FN3O/c1-5-6-12-26(30(35)34-20-9-10-21-34)13-8-7-11-24-14-16-25(17-15-24)29-27(31)18-19-28(23(4)33-29)32-22(2)3/h5,7-8,12,14-17,19,32H,1-2,6,9-11,13,18,20-21H2,3-4H3/b8-7-,26-12+. The number of amides is 1. The van der Waals surface area contributed by atoms with Crippen molar-refractivity contribution in [2.24, 2.45) is 4.99 Å². The minimum atomic E-state index is -0.253. The molecule has 0 saturated carbocycles. The van der Waals surface area contributed by atoms with E-state index in [1.54, 1.807) is 6.08 Å². The second-order valence-electron chi connectivity index (χ2n) is 9.01. The first-order valence-corrected chi connectivity index (χ1v) is 12.3. The Morgan fingerprint density at radius 2 is 1.91 bits per heavy atom. The van der Waals surface area contributed by atoms with E-state index in [0.717, 1.165) is 66.2 Å². The van der Waals surface area contributed by atoms with Crippen molar-refractivity contribution >= 4 is 17.3 Å². The smallest absolute Gasteiger partial charge is 0.249 e. The normalized spacial score (nSPS) is 16.8. The number of hydrogen-bond donors (Lipinski definition) is 1. The van der Waals surface area contributed by atoms with Crippen LogP contribution in [0.2, 0.25) is 0 Å². The van der Waals surface area contributed by atoms with E-state index in [-0.39, 0.29) is 18.2 Å². The van der Waals surface area contributed by atoms with E-state index in [1.165, 1.54) is 0 Å². The van der Waals surface area contributed by atoms with Gasteiger partial charge in [-0.15, -0.1) is 6.58 Å². The molecule has 5 heteroatoms. The Hall–Kier alpha value is -3.47. The second kappa shape index (κ2) is 12.8. The molecule has 1 fully saturated rings. The van der Waals surface area contributed by atoms with Gasteiger partial charge in [-0.25, -0.2) is 9.38 Å². The number of allylic oxidation sites excluding steroid dienone is 8. The molecule has 1 N–H and O–H groups in total. The molecule has 35 heavy (non-hydrogen) atoms. The summed E-state index contributed by atoms with van der Waals surface area (Å²) in [6.45, 7) is 13.0. The molecule has 1 aromatic carbocycles. The second-order valence-corrected chi connectivity index (χ2v) is 9.01. The first-order valence-electron chi connectivity index (χ1n) is 12.3. The van der Waals surface area contributed by atoms with Crippen LogP contribution < -0.4 is 5.32 Å². The molecule has 2 aliphatic heterocycles. The maximum absolute atomic E-state index is 14.8. The van der Waals surface area contributed by atoms with E-state index >= 15 is 0 Å². The molecule has 1 aromatic rings. The summed E-state index contributed by atoms with van der Waals surface area (Å²) in [6.07, 6.45) is 14.1. The molecule has 0 radical (unpaired) electrons. The van der Waals surface area contributed by atoms with Crippen LogP contribution in [0.4, 0.5) is 4.39 Å². The molecule has 0 spiro atoms. The Balaban J connectivity index is 1.63. The SMILES string of the molecule is C=CC/C=C(\C/C=C\Cc1ccc(C2=C(F)CC=C(NC(=C)C)C(C)=N2)cc1)C(=O)N1CCCC1. The van der Waals surface area contributed by atoms with Crippen LogP contribution in [-0.2, 0) is 11.2 Å². The summed E-state index contributed by atoms with van der Waals surface area (Å²) in [5, 5.41) is 3.15. The zero-order valence-electron chi connectivity index (χ0n) is 20.9. The van der Waals surface area contributed by atoms with Gasteiger partial charge in [0, 0.05) is 36.3 Å². The lowest BCUT2D eigenvalue weighted by atomic mass is 10.0. The summed E-state index contributed by atoms with van der Waals surface area (Å²) in [7, 11) is 0. The minimum Gasteiger partial charge on any atom is -0.358 e. The molecule has 0 aromatic heterocycles. The van der Waals surface area contributed by atoms with Crippen LogP contribution in [0.5, 0.6) is 0 Å². The molecule has 3 rings (SSSR count). The summed E-state index contributed by atoms with van der Waals surface area (Å²) in [5.41, 5.74) is 5.38. The van der Waals surface area contributed by atoms with Crippen molar-refractivity contribution in [1.82, 2.24) is 10.2 Å². The van der Waals surface area contributed by atoms with E-state index in [0.29, 0.717) is 18.5 Å². The van der Waals surface area contributed by atoms with Crippen molar-refractivity contribution in [1.29, 1.82) is 0 Å². The lowest BCUT2D eigenvalue weighted by Gasteiger charge is -2.16. The van der Waals surface area contributed by atoms with E-state index in [1.807, 2.05) is 55.2 Å². The van der Waals surface area contributed by atoms with Crippen molar-refractivity contribution in [3.05, 3.63) is 102 Å². The number of hydrogen-bond acceptors (Lipinski definition) is 3. The van der Waals surface area contributed by atoms with Crippen LogP contribution in [-0.4, -0.2) is 29.6 Å². The number of carbonyl (C=O) groups excluding carboxylic acids is 1. The fraction of sp³-hybridized carbons (Fsp3) is 0.333. The van der Waals surface area contributed by atoms with Crippen molar-refractivity contribution in [3.8, 4) is 0 Å². The Morgan fingerprint density at radius 1 is 1.20 bits per heavy atom. The molecule has 4 nitrogen and oxygen atoms in total. The number of nitrogens with zero attached hydrogens (tertiary/aromatic N) is 2. The highest BCUT2D eigenvalue weighted by Gasteiger charge is 2.20. The zero-order valence-corrected chi connectivity index (χ0v) is 20.9. The van der Waals surface area contributed by atoms with Gasteiger partial charge in [-0.2, -0.15) is 0 Å². The number of rotatable bonds is 10. The molecule has 2 heterocycles.